The molecule has 0 bridgehead atoms. The van der Waals surface area contributed by atoms with E-state index in [-0.39, 0.29) is 11.8 Å². The predicted molar refractivity (Wildman–Crippen MR) is 75.2 cm³/mol. The molecule has 6 heteroatoms. The van der Waals surface area contributed by atoms with E-state index in [9.17, 15) is 8.78 Å². The first-order valence-electron chi connectivity index (χ1n) is 6.24. The lowest BCUT2D eigenvalue weighted by Gasteiger charge is -2.14. The Labute approximate surface area is 120 Å². The zero-order chi connectivity index (χ0) is 14.5. The number of halogens is 2. The molecule has 1 heterocycles. The van der Waals surface area contributed by atoms with Gasteiger partial charge in [-0.25, -0.2) is 4.98 Å². The van der Waals surface area contributed by atoms with E-state index < -0.39 is 6.61 Å². The summed E-state index contributed by atoms with van der Waals surface area (Å²) in [4.78, 5) is 4.40. The second-order valence-electron chi connectivity index (χ2n) is 4.38. The highest BCUT2D eigenvalue weighted by Gasteiger charge is 2.12. The van der Waals surface area contributed by atoms with Crippen molar-refractivity contribution in [3.63, 3.8) is 0 Å². The van der Waals surface area contributed by atoms with Gasteiger partial charge in [-0.05, 0) is 19.9 Å². The molecule has 1 N–H and O–H groups in total. The summed E-state index contributed by atoms with van der Waals surface area (Å²) in [5.74, 6) is 0.205. The van der Waals surface area contributed by atoms with Gasteiger partial charge in [-0.1, -0.05) is 18.2 Å². The normalized spacial score (nSPS) is 12.7. The van der Waals surface area contributed by atoms with E-state index in [2.05, 4.69) is 15.0 Å². The van der Waals surface area contributed by atoms with Crippen LogP contribution in [0.5, 0.6) is 5.75 Å². The highest BCUT2D eigenvalue weighted by atomic mass is 32.1. The summed E-state index contributed by atoms with van der Waals surface area (Å²) >= 11 is 1.59. The molecule has 0 spiro atoms. The fourth-order valence-corrected chi connectivity index (χ4v) is 2.51. The highest BCUT2D eigenvalue weighted by Crippen LogP contribution is 2.22. The summed E-state index contributed by atoms with van der Waals surface area (Å²) in [6.07, 6.45) is 0. The van der Waals surface area contributed by atoms with Crippen LogP contribution in [0.25, 0.3) is 0 Å². The summed E-state index contributed by atoms with van der Waals surface area (Å²) in [7, 11) is 0. The number of nitrogens with one attached hydrogen (secondary N) is 1. The van der Waals surface area contributed by atoms with Crippen LogP contribution < -0.4 is 10.1 Å². The molecule has 0 aliphatic rings. The van der Waals surface area contributed by atoms with E-state index in [1.165, 1.54) is 0 Å². The molecule has 0 aliphatic heterocycles. The van der Waals surface area contributed by atoms with Gasteiger partial charge in [0, 0.05) is 23.5 Å². The Morgan fingerprint density at radius 3 is 2.75 bits per heavy atom. The zero-order valence-corrected chi connectivity index (χ0v) is 12.1. The van der Waals surface area contributed by atoms with Crippen LogP contribution in [0.15, 0.2) is 29.6 Å². The minimum Gasteiger partial charge on any atom is -0.434 e. The minimum absolute atomic E-state index is 0.0551. The monoisotopic (exact) mass is 298 g/mol. The third-order valence-corrected chi connectivity index (χ3v) is 3.66. The number of aromatic nitrogens is 1. The van der Waals surface area contributed by atoms with Gasteiger partial charge in [-0.3, -0.25) is 0 Å². The molecule has 108 valence electrons. The first kappa shape index (κ1) is 14.9. The van der Waals surface area contributed by atoms with Crippen LogP contribution in [0.4, 0.5) is 8.78 Å². The van der Waals surface area contributed by atoms with Crippen molar-refractivity contribution in [3.05, 3.63) is 45.9 Å². The first-order valence-corrected chi connectivity index (χ1v) is 7.12. The molecule has 3 nitrogen and oxygen atoms in total. The lowest BCUT2D eigenvalue weighted by Crippen LogP contribution is -2.19. The SMILES string of the molecule is Cc1nc(C(C)NCc2ccccc2OC(F)F)cs1. The molecular formula is C14H16F2N2OS. The number of hydrogen-bond donors (Lipinski definition) is 1. The van der Waals surface area contributed by atoms with Crippen LogP contribution in [0.2, 0.25) is 0 Å². The molecule has 0 radical (unpaired) electrons. The van der Waals surface area contributed by atoms with Crippen molar-refractivity contribution in [3.8, 4) is 5.75 Å². The number of alkyl halides is 2. The summed E-state index contributed by atoms with van der Waals surface area (Å²) in [5, 5.41) is 6.27. The van der Waals surface area contributed by atoms with E-state index in [4.69, 9.17) is 0 Å². The Kier molecular flexibility index (Phi) is 5.03. The van der Waals surface area contributed by atoms with Gasteiger partial charge in [0.05, 0.1) is 10.7 Å². The average molecular weight is 298 g/mol. The molecule has 0 fully saturated rings. The molecule has 20 heavy (non-hydrogen) atoms. The third kappa shape index (κ3) is 3.98. The van der Waals surface area contributed by atoms with Crippen molar-refractivity contribution in [2.24, 2.45) is 0 Å². The van der Waals surface area contributed by atoms with E-state index in [1.54, 1.807) is 35.6 Å². The number of para-hydroxylation sites is 1. The maximum atomic E-state index is 12.3. The Hall–Kier alpha value is -1.53. The van der Waals surface area contributed by atoms with Crippen LogP contribution in [0.3, 0.4) is 0 Å². The van der Waals surface area contributed by atoms with Gasteiger partial charge < -0.3 is 10.1 Å². The van der Waals surface area contributed by atoms with Crippen LogP contribution >= 0.6 is 11.3 Å². The number of nitrogens with zero attached hydrogens (tertiary/aromatic N) is 1. The molecular weight excluding hydrogens is 282 g/mol. The van der Waals surface area contributed by atoms with Gasteiger partial charge in [0.15, 0.2) is 0 Å². The Morgan fingerprint density at radius 1 is 1.35 bits per heavy atom. The molecule has 1 aromatic carbocycles. The molecule has 0 aliphatic carbocycles. The number of thiazole rings is 1. The molecule has 0 saturated carbocycles. The topological polar surface area (TPSA) is 34.2 Å². The van der Waals surface area contributed by atoms with Crippen molar-refractivity contribution >= 4 is 11.3 Å². The van der Waals surface area contributed by atoms with Crippen molar-refractivity contribution in [2.45, 2.75) is 33.0 Å². The summed E-state index contributed by atoms with van der Waals surface area (Å²) in [5.41, 5.74) is 1.66. The fraction of sp³-hybridized carbons (Fsp3) is 0.357. The smallest absolute Gasteiger partial charge is 0.387 e. The number of rotatable bonds is 6. The first-order chi connectivity index (χ1) is 9.56. The Morgan fingerprint density at radius 2 is 2.10 bits per heavy atom. The summed E-state index contributed by atoms with van der Waals surface area (Å²) < 4.78 is 29.1. The van der Waals surface area contributed by atoms with Crippen molar-refractivity contribution in [2.75, 3.05) is 0 Å². The summed E-state index contributed by atoms with van der Waals surface area (Å²) in [6, 6.07) is 6.84. The van der Waals surface area contributed by atoms with E-state index >= 15 is 0 Å². The Balaban J connectivity index is 2.00. The average Bonchev–Trinajstić information content (AvgIpc) is 2.83. The van der Waals surface area contributed by atoms with Gasteiger partial charge in [0.1, 0.15) is 5.75 Å². The second kappa shape index (κ2) is 6.76. The van der Waals surface area contributed by atoms with Crippen LogP contribution in [-0.4, -0.2) is 11.6 Å². The lowest BCUT2D eigenvalue weighted by atomic mass is 10.2. The maximum Gasteiger partial charge on any atom is 0.387 e. The van der Waals surface area contributed by atoms with Crippen molar-refractivity contribution in [1.29, 1.82) is 0 Å². The van der Waals surface area contributed by atoms with E-state index in [0.717, 1.165) is 10.7 Å². The van der Waals surface area contributed by atoms with Gasteiger partial charge in [-0.15, -0.1) is 11.3 Å². The number of aryl methyl sites for hydroxylation is 1. The van der Waals surface area contributed by atoms with Crippen molar-refractivity contribution in [1.82, 2.24) is 10.3 Å². The van der Waals surface area contributed by atoms with Gasteiger partial charge in [0.2, 0.25) is 0 Å². The van der Waals surface area contributed by atoms with Gasteiger partial charge in [-0.2, -0.15) is 8.78 Å². The molecule has 2 aromatic rings. The van der Waals surface area contributed by atoms with Gasteiger partial charge >= 0.3 is 6.61 Å². The molecule has 0 amide bonds. The number of hydrogen-bond acceptors (Lipinski definition) is 4. The highest BCUT2D eigenvalue weighted by molar-refractivity contribution is 7.09. The van der Waals surface area contributed by atoms with Gasteiger partial charge in [0.25, 0.3) is 0 Å². The third-order valence-electron chi connectivity index (χ3n) is 2.87. The second-order valence-corrected chi connectivity index (χ2v) is 5.44. The maximum absolute atomic E-state index is 12.3. The number of ether oxygens (including phenoxy) is 1. The van der Waals surface area contributed by atoms with Crippen LogP contribution in [0.1, 0.15) is 29.2 Å². The molecule has 1 unspecified atom stereocenters. The standard InChI is InChI=1S/C14H16F2N2OS/c1-9(12-8-20-10(2)18-12)17-7-11-5-3-4-6-13(11)19-14(15)16/h3-6,8-9,14,17H,7H2,1-2H3. The molecule has 1 aromatic heterocycles. The van der Waals surface area contributed by atoms with Crippen LogP contribution in [0, 0.1) is 6.92 Å². The quantitative estimate of drug-likeness (QED) is 0.878. The van der Waals surface area contributed by atoms with E-state index in [1.807, 2.05) is 19.2 Å². The van der Waals surface area contributed by atoms with Crippen molar-refractivity contribution < 1.29 is 13.5 Å². The van der Waals surface area contributed by atoms with Crippen LogP contribution in [-0.2, 0) is 6.54 Å². The van der Waals surface area contributed by atoms with E-state index in [0.29, 0.717) is 12.1 Å². The summed E-state index contributed by atoms with van der Waals surface area (Å²) in [6.45, 7) is 1.58. The minimum atomic E-state index is -2.81. The molecule has 1 atom stereocenters. The fourth-order valence-electron chi connectivity index (χ4n) is 1.81. The molecule has 2 rings (SSSR count). The zero-order valence-electron chi connectivity index (χ0n) is 11.3. The molecule has 0 saturated heterocycles. The number of benzene rings is 1. The largest absolute Gasteiger partial charge is 0.434 e. The lowest BCUT2D eigenvalue weighted by molar-refractivity contribution is -0.0505. The predicted octanol–water partition coefficient (Wildman–Crippen LogP) is 3.90. The Bertz CT molecular complexity index is 560.